The van der Waals surface area contributed by atoms with Crippen molar-refractivity contribution in [3.63, 3.8) is 0 Å². The Morgan fingerprint density at radius 2 is 1.89 bits per heavy atom. The molecule has 1 fully saturated rings. The molecule has 1 heterocycles. The molecule has 102 valence electrons. The third-order valence-corrected chi connectivity index (χ3v) is 3.35. The highest BCUT2D eigenvalue weighted by atomic mass is 79.9. The molecule has 1 saturated heterocycles. The van der Waals surface area contributed by atoms with Gasteiger partial charge in [-0.05, 0) is 6.42 Å². The molecule has 6 nitrogen and oxygen atoms in total. The van der Waals surface area contributed by atoms with Crippen LogP contribution in [-0.4, -0.2) is 65.7 Å². The Hall–Kier alpha value is -1.11. The lowest BCUT2D eigenvalue weighted by atomic mass is 10.2. The lowest BCUT2D eigenvalue weighted by molar-refractivity contribution is -0.151. The standard InChI is InChI=1S/C11H17BrN2O4/c1-3-4-13-6-10(16)14(7-9(13)15)5-8(12)11(17)18-2/h8H,3-7H2,1-2H3. The summed E-state index contributed by atoms with van der Waals surface area (Å²) in [5.74, 6) is -0.677. The number of carbonyl (C=O) groups excluding carboxylic acids is 3. The van der Waals surface area contributed by atoms with Crippen molar-refractivity contribution in [2.75, 3.05) is 33.3 Å². The Morgan fingerprint density at radius 3 is 2.44 bits per heavy atom. The number of carbonyl (C=O) groups is 3. The number of amides is 2. The summed E-state index contributed by atoms with van der Waals surface area (Å²) in [6.45, 7) is 2.81. The molecule has 1 rings (SSSR count). The molecule has 2 amide bonds. The van der Waals surface area contributed by atoms with Gasteiger partial charge in [-0.2, -0.15) is 0 Å². The van der Waals surface area contributed by atoms with E-state index >= 15 is 0 Å². The second-order valence-corrected chi connectivity index (χ2v) is 5.19. The first-order valence-electron chi connectivity index (χ1n) is 5.77. The van der Waals surface area contributed by atoms with Crippen LogP contribution < -0.4 is 0 Å². The summed E-state index contributed by atoms with van der Waals surface area (Å²) in [4.78, 5) is 37.2. The Kier molecular flexibility index (Phi) is 5.58. The number of piperazine rings is 1. The number of halogens is 1. The van der Waals surface area contributed by atoms with E-state index in [-0.39, 0.29) is 31.4 Å². The van der Waals surface area contributed by atoms with E-state index in [9.17, 15) is 14.4 Å². The van der Waals surface area contributed by atoms with E-state index in [1.807, 2.05) is 6.92 Å². The summed E-state index contributed by atoms with van der Waals surface area (Å²) >= 11 is 3.14. The molecule has 1 aliphatic heterocycles. The van der Waals surface area contributed by atoms with Crippen molar-refractivity contribution >= 4 is 33.7 Å². The average Bonchev–Trinajstić information content (AvgIpc) is 2.34. The molecule has 0 aromatic heterocycles. The van der Waals surface area contributed by atoms with Crippen LogP contribution >= 0.6 is 15.9 Å². The van der Waals surface area contributed by atoms with Gasteiger partial charge in [0.2, 0.25) is 11.8 Å². The third kappa shape index (κ3) is 3.69. The van der Waals surface area contributed by atoms with E-state index in [1.165, 1.54) is 12.0 Å². The number of esters is 1. The van der Waals surface area contributed by atoms with E-state index < -0.39 is 10.8 Å². The Morgan fingerprint density at radius 1 is 1.33 bits per heavy atom. The summed E-state index contributed by atoms with van der Waals surface area (Å²) in [7, 11) is 1.28. The molecule has 0 radical (unpaired) electrons. The lowest BCUT2D eigenvalue weighted by Crippen LogP contribution is -2.55. The van der Waals surface area contributed by atoms with Gasteiger partial charge >= 0.3 is 5.97 Å². The maximum Gasteiger partial charge on any atom is 0.321 e. The SMILES string of the molecule is CCCN1CC(=O)N(CC(Br)C(=O)OC)CC1=O. The van der Waals surface area contributed by atoms with Crippen molar-refractivity contribution in [1.29, 1.82) is 0 Å². The van der Waals surface area contributed by atoms with E-state index in [1.54, 1.807) is 4.90 Å². The summed E-state index contributed by atoms with van der Waals surface area (Å²) in [6.07, 6.45) is 0.822. The van der Waals surface area contributed by atoms with Gasteiger partial charge in [-0.25, -0.2) is 0 Å². The van der Waals surface area contributed by atoms with Crippen LogP contribution in [0.1, 0.15) is 13.3 Å². The minimum absolute atomic E-state index is 0.0257. The fourth-order valence-corrected chi connectivity index (χ4v) is 2.28. The maximum absolute atomic E-state index is 11.8. The molecule has 0 N–H and O–H groups in total. The second kappa shape index (κ2) is 6.72. The van der Waals surface area contributed by atoms with Crippen LogP contribution in [-0.2, 0) is 19.1 Å². The van der Waals surface area contributed by atoms with Gasteiger partial charge in [0.15, 0.2) is 0 Å². The summed E-state index contributed by atoms with van der Waals surface area (Å²) in [5, 5.41) is 0. The second-order valence-electron chi connectivity index (χ2n) is 4.08. The van der Waals surface area contributed by atoms with Crippen molar-refractivity contribution in [1.82, 2.24) is 9.80 Å². The van der Waals surface area contributed by atoms with Gasteiger partial charge in [0.25, 0.3) is 0 Å². The molecule has 0 saturated carbocycles. The van der Waals surface area contributed by atoms with E-state index in [2.05, 4.69) is 20.7 Å². The average molecular weight is 321 g/mol. The normalized spacial score (nSPS) is 17.9. The highest BCUT2D eigenvalue weighted by Gasteiger charge is 2.31. The van der Waals surface area contributed by atoms with Gasteiger partial charge in [-0.1, -0.05) is 22.9 Å². The van der Waals surface area contributed by atoms with Crippen LogP contribution in [0.25, 0.3) is 0 Å². The molecule has 1 unspecified atom stereocenters. The molecule has 1 aliphatic rings. The molecule has 0 aromatic carbocycles. The number of ether oxygens (including phenoxy) is 1. The highest BCUT2D eigenvalue weighted by molar-refractivity contribution is 9.10. The molecule has 0 bridgehead atoms. The minimum atomic E-state index is -0.600. The summed E-state index contributed by atoms with van der Waals surface area (Å²) in [5.41, 5.74) is 0. The summed E-state index contributed by atoms with van der Waals surface area (Å²) in [6, 6.07) is 0. The van der Waals surface area contributed by atoms with Crippen LogP contribution in [0, 0.1) is 0 Å². The molecular weight excluding hydrogens is 304 g/mol. The Balaban J connectivity index is 2.57. The van der Waals surface area contributed by atoms with Crippen molar-refractivity contribution in [2.45, 2.75) is 18.2 Å². The van der Waals surface area contributed by atoms with Crippen molar-refractivity contribution in [3.8, 4) is 0 Å². The van der Waals surface area contributed by atoms with Gasteiger partial charge in [-0.15, -0.1) is 0 Å². The van der Waals surface area contributed by atoms with Crippen molar-refractivity contribution in [2.24, 2.45) is 0 Å². The van der Waals surface area contributed by atoms with Crippen molar-refractivity contribution in [3.05, 3.63) is 0 Å². The van der Waals surface area contributed by atoms with Gasteiger partial charge in [-0.3, -0.25) is 14.4 Å². The topological polar surface area (TPSA) is 66.9 Å². The molecule has 0 aliphatic carbocycles. The molecule has 18 heavy (non-hydrogen) atoms. The van der Waals surface area contributed by atoms with Gasteiger partial charge < -0.3 is 14.5 Å². The number of alkyl halides is 1. The fourth-order valence-electron chi connectivity index (χ4n) is 1.74. The quantitative estimate of drug-likeness (QED) is 0.528. The number of rotatable bonds is 5. The first-order valence-corrected chi connectivity index (χ1v) is 6.68. The highest BCUT2D eigenvalue weighted by Crippen LogP contribution is 2.10. The Labute approximate surface area is 114 Å². The first kappa shape index (κ1) is 14.9. The van der Waals surface area contributed by atoms with E-state index in [0.717, 1.165) is 6.42 Å². The third-order valence-electron chi connectivity index (χ3n) is 2.69. The van der Waals surface area contributed by atoms with Gasteiger partial charge in [0.05, 0.1) is 20.2 Å². The fraction of sp³-hybridized carbons (Fsp3) is 0.727. The number of hydrogen-bond acceptors (Lipinski definition) is 4. The Bertz CT molecular complexity index is 348. The van der Waals surface area contributed by atoms with Gasteiger partial charge in [0, 0.05) is 13.1 Å². The van der Waals surface area contributed by atoms with Crippen LogP contribution in [0.5, 0.6) is 0 Å². The molecule has 7 heteroatoms. The molecule has 0 aromatic rings. The number of methoxy groups -OCH3 is 1. The van der Waals surface area contributed by atoms with Crippen LogP contribution in [0.2, 0.25) is 0 Å². The predicted molar refractivity (Wildman–Crippen MR) is 68.2 cm³/mol. The zero-order chi connectivity index (χ0) is 13.7. The van der Waals surface area contributed by atoms with Crippen molar-refractivity contribution < 1.29 is 19.1 Å². The van der Waals surface area contributed by atoms with Crippen LogP contribution in [0.4, 0.5) is 0 Å². The molecular formula is C11H17BrN2O4. The summed E-state index contributed by atoms with van der Waals surface area (Å²) < 4.78 is 4.56. The van der Waals surface area contributed by atoms with E-state index in [4.69, 9.17) is 0 Å². The maximum atomic E-state index is 11.8. The first-order chi connectivity index (χ1) is 8.49. The zero-order valence-electron chi connectivity index (χ0n) is 10.5. The largest absolute Gasteiger partial charge is 0.468 e. The van der Waals surface area contributed by atoms with Gasteiger partial charge in [0.1, 0.15) is 4.83 Å². The number of hydrogen-bond donors (Lipinski definition) is 0. The predicted octanol–water partition coefficient (Wildman–Crippen LogP) is 0.00370. The van der Waals surface area contributed by atoms with E-state index in [0.29, 0.717) is 6.54 Å². The van der Waals surface area contributed by atoms with Crippen LogP contribution in [0.15, 0.2) is 0 Å². The molecule has 1 atom stereocenters. The monoisotopic (exact) mass is 320 g/mol. The smallest absolute Gasteiger partial charge is 0.321 e. The lowest BCUT2D eigenvalue weighted by Gasteiger charge is -2.34. The molecule has 0 spiro atoms. The zero-order valence-corrected chi connectivity index (χ0v) is 12.1. The number of nitrogens with zero attached hydrogens (tertiary/aromatic N) is 2. The van der Waals surface area contributed by atoms with Crippen LogP contribution in [0.3, 0.4) is 0 Å². The minimum Gasteiger partial charge on any atom is -0.468 e.